The fourth-order valence-electron chi connectivity index (χ4n) is 2.72. The Hall–Kier alpha value is -1.39. The van der Waals surface area contributed by atoms with E-state index < -0.39 is 0 Å². The third-order valence-corrected chi connectivity index (χ3v) is 3.89. The lowest BCUT2D eigenvalue weighted by atomic mass is 9.99. The van der Waals surface area contributed by atoms with Crippen LogP contribution in [-0.2, 0) is 4.79 Å². The molecule has 1 aromatic carbocycles. The smallest absolute Gasteiger partial charge is 0.240 e. The van der Waals surface area contributed by atoms with Gasteiger partial charge in [0.2, 0.25) is 5.91 Å². The first-order valence-corrected chi connectivity index (χ1v) is 7.37. The van der Waals surface area contributed by atoms with Crippen molar-refractivity contribution in [1.82, 2.24) is 10.2 Å². The molecule has 4 heteroatoms. The number of nitrogens with one attached hydrogen (secondary N) is 1. The summed E-state index contributed by atoms with van der Waals surface area (Å²) in [6.07, 6.45) is 2.51. The summed E-state index contributed by atoms with van der Waals surface area (Å²) in [6, 6.07) is 9.79. The van der Waals surface area contributed by atoms with Crippen LogP contribution in [0.2, 0.25) is 0 Å². The minimum Gasteiger partial charge on any atom is -0.316 e. The van der Waals surface area contributed by atoms with Gasteiger partial charge in [0.05, 0.1) is 6.54 Å². The number of carbonyl (C=O) groups is 1. The maximum Gasteiger partial charge on any atom is 0.240 e. The summed E-state index contributed by atoms with van der Waals surface area (Å²) in [7, 11) is 3.87. The minimum atomic E-state index is 0.141. The summed E-state index contributed by atoms with van der Waals surface area (Å²) in [4.78, 5) is 16.1. The molecule has 110 valence electrons. The van der Waals surface area contributed by atoms with Crippen molar-refractivity contribution in [3.05, 3.63) is 30.3 Å². The molecule has 1 N–H and O–H groups in total. The number of amides is 1. The van der Waals surface area contributed by atoms with E-state index in [1.54, 1.807) is 4.90 Å². The van der Waals surface area contributed by atoms with Crippen LogP contribution < -0.4 is 10.2 Å². The van der Waals surface area contributed by atoms with Crippen LogP contribution in [-0.4, -0.2) is 51.1 Å². The largest absolute Gasteiger partial charge is 0.316 e. The Labute approximate surface area is 121 Å². The zero-order valence-electron chi connectivity index (χ0n) is 12.5. The molecule has 1 unspecified atom stereocenters. The summed E-state index contributed by atoms with van der Waals surface area (Å²) >= 11 is 0. The Balaban J connectivity index is 1.81. The van der Waals surface area contributed by atoms with Crippen molar-refractivity contribution in [3.63, 3.8) is 0 Å². The highest BCUT2D eigenvalue weighted by atomic mass is 16.2. The Bertz CT molecular complexity index is 415. The molecule has 0 bridgehead atoms. The molecule has 1 heterocycles. The van der Waals surface area contributed by atoms with E-state index in [0.717, 1.165) is 25.3 Å². The highest BCUT2D eigenvalue weighted by Crippen LogP contribution is 2.13. The molecule has 0 saturated carbocycles. The summed E-state index contributed by atoms with van der Waals surface area (Å²) in [5, 5.41) is 3.42. The van der Waals surface area contributed by atoms with Gasteiger partial charge in [0.15, 0.2) is 0 Å². The molecular formula is C16H25N3O. The molecule has 1 saturated heterocycles. The molecule has 1 aliphatic rings. The average molecular weight is 275 g/mol. The Morgan fingerprint density at radius 3 is 2.70 bits per heavy atom. The summed E-state index contributed by atoms with van der Waals surface area (Å²) in [6.45, 7) is 3.67. The van der Waals surface area contributed by atoms with Gasteiger partial charge in [0.25, 0.3) is 0 Å². The summed E-state index contributed by atoms with van der Waals surface area (Å²) < 4.78 is 0. The number of carbonyl (C=O) groups excluding carboxylic acids is 1. The highest BCUT2D eigenvalue weighted by molar-refractivity contribution is 5.94. The van der Waals surface area contributed by atoms with E-state index in [1.165, 1.54) is 12.8 Å². The summed E-state index contributed by atoms with van der Waals surface area (Å²) in [5.41, 5.74) is 0.949. The maximum absolute atomic E-state index is 12.3. The third kappa shape index (κ3) is 4.32. The van der Waals surface area contributed by atoms with Crippen LogP contribution in [0.15, 0.2) is 30.3 Å². The van der Waals surface area contributed by atoms with Crippen LogP contribution in [0, 0.1) is 5.92 Å². The van der Waals surface area contributed by atoms with Crippen molar-refractivity contribution in [2.24, 2.45) is 5.92 Å². The second kappa shape index (κ2) is 7.41. The van der Waals surface area contributed by atoms with Gasteiger partial charge in [-0.2, -0.15) is 0 Å². The van der Waals surface area contributed by atoms with Gasteiger partial charge in [0, 0.05) is 19.3 Å². The third-order valence-electron chi connectivity index (χ3n) is 3.89. The van der Waals surface area contributed by atoms with E-state index in [9.17, 15) is 4.79 Å². The van der Waals surface area contributed by atoms with Gasteiger partial charge in [-0.25, -0.2) is 0 Å². The van der Waals surface area contributed by atoms with E-state index in [2.05, 4.69) is 10.2 Å². The van der Waals surface area contributed by atoms with E-state index in [1.807, 2.05) is 44.4 Å². The maximum atomic E-state index is 12.3. The number of para-hydroxylation sites is 1. The quantitative estimate of drug-likeness (QED) is 0.886. The van der Waals surface area contributed by atoms with Gasteiger partial charge >= 0.3 is 0 Å². The number of piperidine rings is 1. The van der Waals surface area contributed by atoms with Crippen molar-refractivity contribution >= 4 is 11.6 Å². The molecule has 1 aliphatic heterocycles. The van der Waals surface area contributed by atoms with Crippen LogP contribution in [0.5, 0.6) is 0 Å². The summed E-state index contributed by atoms with van der Waals surface area (Å²) in [5.74, 6) is 0.811. The van der Waals surface area contributed by atoms with Crippen molar-refractivity contribution < 1.29 is 4.79 Å². The molecule has 4 nitrogen and oxygen atoms in total. The Kier molecular flexibility index (Phi) is 5.56. The molecule has 0 aliphatic carbocycles. The number of benzene rings is 1. The van der Waals surface area contributed by atoms with Crippen molar-refractivity contribution in [2.45, 2.75) is 12.8 Å². The molecule has 0 spiro atoms. The van der Waals surface area contributed by atoms with Crippen molar-refractivity contribution in [3.8, 4) is 0 Å². The first kappa shape index (κ1) is 15.0. The van der Waals surface area contributed by atoms with Crippen LogP contribution >= 0.6 is 0 Å². The van der Waals surface area contributed by atoms with E-state index in [0.29, 0.717) is 12.5 Å². The molecule has 1 fully saturated rings. The van der Waals surface area contributed by atoms with Gasteiger partial charge in [-0.15, -0.1) is 0 Å². The topological polar surface area (TPSA) is 35.6 Å². The standard InChI is InChI=1S/C16H25N3O/c1-18(12-14-7-6-10-17-11-14)13-16(20)19(2)15-8-4-3-5-9-15/h3-5,8-9,14,17H,6-7,10-13H2,1-2H3. The van der Waals surface area contributed by atoms with Crippen LogP contribution in [0.3, 0.4) is 0 Å². The molecular weight excluding hydrogens is 250 g/mol. The van der Waals surface area contributed by atoms with Crippen molar-refractivity contribution in [2.75, 3.05) is 45.2 Å². The Morgan fingerprint density at radius 1 is 1.30 bits per heavy atom. The second-order valence-electron chi connectivity index (χ2n) is 5.70. The van der Waals surface area contributed by atoms with Crippen LogP contribution in [0.4, 0.5) is 5.69 Å². The molecule has 1 aromatic rings. The number of anilines is 1. The molecule has 1 amide bonds. The monoisotopic (exact) mass is 275 g/mol. The Morgan fingerprint density at radius 2 is 2.05 bits per heavy atom. The second-order valence-corrected chi connectivity index (χ2v) is 5.70. The van der Waals surface area contributed by atoms with Crippen LogP contribution in [0.1, 0.15) is 12.8 Å². The number of hydrogen-bond acceptors (Lipinski definition) is 3. The fraction of sp³-hybridized carbons (Fsp3) is 0.562. The number of hydrogen-bond donors (Lipinski definition) is 1. The fourth-order valence-corrected chi connectivity index (χ4v) is 2.72. The molecule has 0 radical (unpaired) electrons. The predicted molar refractivity (Wildman–Crippen MR) is 82.9 cm³/mol. The van der Waals surface area contributed by atoms with Gasteiger partial charge in [-0.3, -0.25) is 9.69 Å². The first-order chi connectivity index (χ1) is 9.66. The zero-order valence-corrected chi connectivity index (χ0v) is 12.5. The van der Waals surface area contributed by atoms with Gasteiger partial charge < -0.3 is 10.2 Å². The molecule has 20 heavy (non-hydrogen) atoms. The average Bonchev–Trinajstić information content (AvgIpc) is 2.48. The predicted octanol–water partition coefficient (Wildman–Crippen LogP) is 1.58. The van der Waals surface area contributed by atoms with Crippen molar-refractivity contribution in [1.29, 1.82) is 0 Å². The molecule has 2 rings (SSSR count). The van der Waals surface area contributed by atoms with E-state index >= 15 is 0 Å². The zero-order chi connectivity index (χ0) is 14.4. The minimum absolute atomic E-state index is 0.141. The number of nitrogens with zero attached hydrogens (tertiary/aromatic N) is 2. The highest BCUT2D eigenvalue weighted by Gasteiger charge is 2.18. The number of likely N-dealkylation sites (N-methyl/N-ethyl adjacent to an activating group) is 2. The lowest BCUT2D eigenvalue weighted by molar-refractivity contribution is -0.119. The normalized spacial score (nSPS) is 19.1. The van der Waals surface area contributed by atoms with Gasteiger partial charge in [-0.1, -0.05) is 18.2 Å². The van der Waals surface area contributed by atoms with Gasteiger partial charge in [-0.05, 0) is 51.0 Å². The number of rotatable bonds is 5. The van der Waals surface area contributed by atoms with E-state index in [-0.39, 0.29) is 5.91 Å². The lowest BCUT2D eigenvalue weighted by Crippen LogP contribution is -2.41. The molecule has 1 atom stereocenters. The molecule has 0 aromatic heterocycles. The van der Waals surface area contributed by atoms with E-state index in [4.69, 9.17) is 0 Å². The van der Waals surface area contributed by atoms with Crippen LogP contribution in [0.25, 0.3) is 0 Å². The van der Waals surface area contributed by atoms with Gasteiger partial charge in [0.1, 0.15) is 0 Å². The first-order valence-electron chi connectivity index (χ1n) is 7.37. The SMILES string of the molecule is CN(CC(=O)N(C)c1ccccc1)CC1CCCNC1. The lowest BCUT2D eigenvalue weighted by Gasteiger charge is -2.28.